The Labute approximate surface area is 265 Å². The molecule has 2 fully saturated rings. The number of halogens is 1. The zero-order chi connectivity index (χ0) is 32.0. The van der Waals surface area contributed by atoms with E-state index >= 15 is 0 Å². The normalized spacial score (nSPS) is 18.3. The van der Waals surface area contributed by atoms with Crippen LogP contribution in [0.5, 0.6) is 0 Å². The van der Waals surface area contributed by atoms with E-state index in [1.807, 2.05) is 35.2 Å². The number of hydrogen-bond donors (Lipinski definition) is 0. The van der Waals surface area contributed by atoms with Gasteiger partial charge in [-0.05, 0) is 54.3 Å². The van der Waals surface area contributed by atoms with E-state index in [1.165, 1.54) is 18.2 Å². The Morgan fingerprint density at radius 2 is 1.50 bits per heavy atom. The summed E-state index contributed by atoms with van der Waals surface area (Å²) in [4.78, 5) is 56.3. The van der Waals surface area contributed by atoms with Gasteiger partial charge < -0.3 is 24.2 Å². The molecule has 0 saturated carbocycles. The molecule has 4 amide bonds. The molecule has 1 atom stereocenters. The average molecular weight is 628 g/mol. The lowest BCUT2D eigenvalue weighted by Gasteiger charge is -2.38. The largest absolute Gasteiger partial charge is 0.445 e. The van der Waals surface area contributed by atoms with Gasteiger partial charge in [-0.2, -0.15) is 0 Å². The van der Waals surface area contributed by atoms with Crippen molar-refractivity contribution >= 4 is 23.8 Å². The van der Waals surface area contributed by atoms with Crippen LogP contribution in [0.2, 0.25) is 0 Å². The number of rotatable bonds is 7. The highest BCUT2D eigenvalue weighted by Crippen LogP contribution is 2.30. The molecule has 3 aliphatic rings. The summed E-state index contributed by atoms with van der Waals surface area (Å²) in [6, 6.07) is 20.3. The first-order chi connectivity index (χ1) is 22.4. The fourth-order valence-corrected chi connectivity index (χ4v) is 5.94. The molecule has 1 unspecified atom stereocenters. The SMILES string of the molecule is O=C1N=NC(OCc2cccc(C(=O)N3CCN(C(=O)C4CCN(C(=O)OCc5ccccc5)CC4)CC3)c2)c2cc(F)ccc21. The number of likely N-dealkylation sites (tertiary alicyclic amines) is 1. The number of benzene rings is 3. The van der Waals surface area contributed by atoms with Crippen molar-refractivity contribution in [1.82, 2.24) is 14.7 Å². The second-order valence-electron chi connectivity index (χ2n) is 11.5. The number of hydrogen-bond acceptors (Lipinski definition) is 7. The standard InChI is InChI=1S/C34H34FN5O6/c35-27-9-10-28-29(20-27)31(37-36-30(28)41)45-22-24-7-4-8-26(19-24)33(43)39-17-15-38(16-18-39)32(42)25-11-13-40(14-12-25)34(44)46-21-23-5-2-1-3-6-23/h1-10,19-20,25,31H,11-18,21-22H2. The summed E-state index contributed by atoms with van der Waals surface area (Å²) < 4.78 is 25.1. The lowest BCUT2D eigenvalue weighted by Crippen LogP contribution is -2.53. The Bertz CT molecular complexity index is 1630. The highest BCUT2D eigenvalue weighted by Gasteiger charge is 2.33. The van der Waals surface area contributed by atoms with E-state index in [1.54, 1.807) is 34.1 Å². The van der Waals surface area contributed by atoms with Gasteiger partial charge in [0.25, 0.3) is 11.8 Å². The number of nitrogens with zero attached hydrogens (tertiary/aromatic N) is 5. The van der Waals surface area contributed by atoms with Crippen LogP contribution >= 0.6 is 0 Å². The molecule has 3 aromatic carbocycles. The highest BCUT2D eigenvalue weighted by atomic mass is 19.1. The third-order valence-corrected chi connectivity index (χ3v) is 8.53. The van der Waals surface area contributed by atoms with Crippen LogP contribution in [0.25, 0.3) is 0 Å². The van der Waals surface area contributed by atoms with Crippen LogP contribution in [0.15, 0.2) is 83.0 Å². The summed E-state index contributed by atoms with van der Waals surface area (Å²) in [6.45, 7) is 2.92. The molecule has 0 aliphatic carbocycles. The zero-order valence-corrected chi connectivity index (χ0v) is 25.2. The molecule has 3 aliphatic heterocycles. The maximum absolute atomic E-state index is 13.8. The molecule has 0 N–H and O–H groups in total. The molecule has 11 nitrogen and oxygen atoms in total. The topological polar surface area (TPSA) is 121 Å². The lowest BCUT2D eigenvalue weighted by molar-refractivity contribution is -0.138. The quantitative estimate of drug-likeness (QED) is 0.364. The second-order valence-corrected chi connectivity index (χ2v) is 11.5. The summed E-state index contributed by atoms with van der Waals surface area (Å²) >= 11 is 0. The Kier molecular flexibility index (Phi) is 9.43. The van der Waals surface area contributed by atoms with Crippen LogP contribution in [0, 0.1) is 11.7 Å². The third kappa shape index (κ3) is 7.12. The van der Waals surface area contributed by atoms with E-state index in [2.05, 4.69) is 10.2 Å². The van der Waals surface area contributed by atoms with Crippen LogP contribution in [0.4, 0.5) is 9.18 Å². The number of amides is 4. The fourth-order valence-electron chi connectivity index (χ4n) is 5.94. The van der Waals surface area contributed by atoms with Crippen molar-refractivity contribution in [1.29, 1.82) is 0 Å². The number of carbonyl (C=O) groups is 4. The molecular weight excluding hydrogens is 593 g/mol. The van der Waals surface area contributed by atoms with Gasteiger partial charge in [-0.15, -0.1) is 10.2 Å². The molecule has 0 bridgehead atoms. The first kappa shape index (κ1) is 31.0. The predicted molar refractivity (Wildman–Crippen MR) is 163 cm³/mol. The van der Waals surface area contributed by atoms with Gasteiger partial charge >= 0.3 is 6.09 Å². The van der Waals surface area contributed by atoms with Crippen LogP contribution < -0.4 is 0 Å². The highest BCUT2D eigenvalue weighted by molar-refractivity contribution is 5.97. The van der Waals surface area contributed by atoms with Gasteiger partial charge in [0.1, 0.15) is 12.4 Å². The summed E-state index contributed by atoms with van der Waals surface area (Å²) in [6.07, 6.45) is -0.151. The van der Waals surface area contributed by atoms with E-state index in [9.17, 15) is 23.6 Å². The lowest BCUT2D eigenvalue weighted by atomic mass is 9.95. The minimum Gasteiger partial charge on any atom is -0.445 e. The number of piperidine rings is 1. The van der Waals surface area contributed by atoms with Crippen molar-refractivity contribution in [3.05, 3.63) is 106 Å². The minimum absolute atomic E-state index is 0.0616. The van der Waals surface area contributed by atoms with Crippen LogP contribution in [-0.4, -0.2) is 77.8 Å². The molecule has 2 saturated heterocycles. The third-order valence-electron chi connectivity index (χ3n) is 8.53. The van der Waals surface area contributed by atoms with Crippen molar-refractivity contribution < 1.29 is 33.0 Å². The van der Waals surface area contributed by atoms with Gasteiger partial charge in [0, 0.05) is 56.3 Å². The fraction of sp³-hybridized carbons (Fsp3) is 0.353. The Morgan fingerprint density at radius 3 is 2.26 bits per heavy atom. The number of piperazine rings is 1. The van der Waals surface area contributed by atoms with E-state index in [0.717, 1.165) is 5.56 Å². The molecule has 0 spiro atoms. The Hall–Kier alpha value is -4.97. The summed E-state index contributed by atoms with van der Waals surface area (Å²) in [5.41, 5.74) is 2.67. The van der Waals surface area contributed by atoms with E-state index < -0.39 is 18.0 Å². The van der Waals surface area contributed by atoms with Gasteiger partial charge in [0.2, 0.25) is 5.91 Å². The molecule has 3 heterocycles. The molecular formula is C34H34FN5O6. The van der Waals surface area contributed by atoms with Crippen molar-refractivity contribution in [3.63, 3.8) is 0 Å². The van der Waals surface area contributed by atoms with Gasteiger partial charge in [0.05, 0.1) is 12.2 Å². The van der Waals surface area contributed by atoms with E-state index in [4.69, 9.17) is 9.47 Å². The monoisotopic (exact) mass is 627 g/mol. The van der Waals surface area contributed by atoms with Gasteiger partial charge in [-0.1, -0.05) is 42.5 Å². The average Bonchev–Trinajstić information content (AvgIpc) is 3.10. The van der Waals surface area contributed by atoms with Crippen LogP contribution in [0.1, 0.15) is 56.5 Å². The van der Waals surface area contributed by atoms with Crippen molar-refractivity contribution in [2.75, 3.05) is 39.3 Å². The first-order valence-electron chi connectivity index (χ1n) is 15.3. The smallest absolute Gasteiger partial charge is 0.410 e. The minimum atomic E-state index is -0.936. The maximum atomic E-state index is 13.8. The van der Waals surface area contributed by atoms with Crippen LogP contribution in [-0.2, 0) is 27.5 Å². The van der Waals surface area contributed by atoms with Crippen molar-refractivity contribution in [3.8, 4) is 0 Å². The zero-order valence-electron chi connectivity index (χ0n) is 25.2. The summed E-state index contributed by atoms with van der Waals surface area (Å²) in [5, 5.41) is 7.48. The molecule has 0 aromatic heterocycles. The predicted octanol–water partition coefficient (Wildman–Crippen LogP) is 4.98. The second kappa shape index (κ2) is 14.0. The number of fused-ring (bicyclic) bond motifs is 1. The molecule has 6 rings (SSSR count). The summed E-state index contributed by atoms with van der Waals surface area (Å²) in [7, 11) is 0. The molecule has 0 radical (unpaired) electrons. The van der Waals surface area contributed by atoms with Crippen LogP contribution in [0.3, 0.4) is 0 Å². The number of azo groups is 1. The van der Waals surface area contributed by atoms with Crippen molar-refractivity contribution in [2.45, 2.75) is 32.3 Å². The first-order valence-corrected chi connectivity index (χ1v) is 15.3. The molecule has 46 heavy (non-hydrogen) atoms. The molecule has 3 aromatic rings. The van der Waals surface area contributed by atoms with E-state index in [0.29, 0.717) is 68.8 Å². The maximum Gasteiger partial charge on any atom is 0.410 e. The molecule has 12 heteroatoms. The number of ether oxygens (including phenoxy) is 2. The Balaban J connectivity index is 0.960. The van der Waals surface area contributed by atoms with Crippen molar-refractivity contribution in [2.24, 2.45) is 16.1 Å². The molecule has 238 valence electrons. The Morgan fingerprint density at radius 1 is 0.783 bits per heavy atom. The van der Waals surface area contributed by atoms with Gasteiger partial charge in [-0.25, -0.2) is 9.18 Å². The van der Waals surface area contributed by atoms with Gasteiger partial charge in [-0.3, -0.25) is 14.4 Å². The van der Waals surface area contributed by atoms with E-state index in [-0.39, 0.29) is 42.6 Å². The summed E-state index contributed by atoms with van der Waals surface area (Å²) in [5.74, 6) is -1.30. The number of carbonyl (C=O) groups excluding carboxylic acids is 4. The van der Waals surface area contributed by atoms with Gasteiger partial charge in [0.15, 0.2) is 6.23 Å².